The molecule has 0 spiro atoms. The second-order valence-corrected chi connectivity index (χ2v) is 4.51. The van der Waals surface area contributed by atoms with Gasteiger partial charge in [0.25, 0.3) is 0 Å². The van der Waals surface area contributed by atoms with Gasteiger partial charge in [0.05, 0.1) is 0 Å². The van der Waals surface area contributed by atoms with Crippen LogP contribution < -0.4 is 0 Å². The SMILES string of the molecule is C=CCCCCc1ccc(CC)s1. The van der Waals surface area contributed by atoms with Crippen molar-refractivity contribution in [1.82, 2.24) is 0 Å². The minimum absolute atomic E-state index is 1.16. The molecule has 13 heavy (non-hydrogen) atoms. The highest BCUT2D eigenvalue weighted by molar-refractivity contribution is 7.11. The van der Waals surface area contributed by atoms with Gasteiger partial charge in [0.15, 0.2) is 0 Å². The molecule has 1 rings (SSSR count). The van der Waals surface area contributed by atoms with Gasteiger partial charge in [0, 0.05) is 9.75 Å². The van der Waals surface area contributed by atoms with Gasteiger partial charge in [-0.3, -0.25) is 0 Å². The summed E-state index contributed by atoms with van der Waals surface area (Å²) in [5, 5.41) is 0. The van der Waals surface area contributed by atoms with Crippen molar-refractivity contribution in [2.24, 2.45) is 0 Å². The molecule has 0 saturated carbocycles. The summed E-state index contributed by atoms with van der Waals surface area (Å²) in [6, 6.07) is 4.53. The Morgan fingerprint density at radius 3 is 2.69 bits per heavy atom. The molecule has 0 nitrogen and oxygen atoms in total. The van der Waals surface area contributed by atoms with Crippen LogP contribution in [-0.4, -0.2) is 0 Å². The second kappa shape index (κ2) is 5.98. The molecule has 0 aliphatic heterocycles. The minimum Gasteiger partial charge on any atom is -0.145 e. The van der Waals surface area contributed by atoms with E-state index in [1.807, 2.05) is 17.4 Å². The first-order valence-corrected chi connectivity index (χ1v) is 5.87. The molecule has 0 atom stereocenters. The third-order valence-electron chi connectivity index (χ3n) is 2.15. The third-order valence-corrected chi connectivity index (χ3v) is 3.44. The Bertz CT molecular complexity index is 247. The highest BCUT2D eigenvalue weighted by atomic mass is 32.1. The third kappa shape index (κ3) is 3.77. The van der Waals surface area contributed by atoms with Gasteiger partial charge in [-0.25, -0.2) is 0 Å². The van der Waals surface area contributed by atoms with Crippen LogP contribution in [0.1, 0.15) is 35.9 Å². The Labute approximate surface area is 85.3 Å². The maximum atomic E-state index is 3.73. The molecular formula is C12H18S. The zero-order valence-electron chi connectivity index (χ0n) is 8.38. The fourth-order valence-electron chi connectivity index (χ4n) is 1.33. The smallest absolute Gasteiger partial charge is 0.00481 e. The van der Waals surface area contributed by atoms with E-state index in [0.29, 0.717) is 0 Å². The Morgan fingerprint density at radius 1 is 1.31 bits per heavy atom. The minimum atomic E-state index is 1.16. The summed E-state index contributed by atoms with van der Waals surface area (Å²) in [6.45, 7) is 5.94. The summed E-state index contributed by atoms with van der Waals surface area (Å²) in [6.07, 6.45) is 8.17. The first kappa shape index (κ1) is 10.5. The van der Waals surface area contributed by atoms with Crippen molar-refractivity contribution in [3.63, 3.8) is 0 Å². The van der Waals surface area contributed by atoms with E-state index in [1.54, 1.807) is 4.88 Å². The number of hydrogen-bond acceptors (Lipinski definition) is 1. The molecule has 0 unspecified atom stereocenters. The van der Waals surface area contributed by atoms with Crippen LogP contribution in [0.5, 0.6) is 0 Å². The summed E-state index contributed by atoms with van der Waals surface area (Å²) < 4.78 is 0. The predicted octanol–water partition coefficient (Wildman–Crippen LogP) is 4.21. The largest absolute Gasteiger partial charge is 0.145 e. The molecule has 1 heterocycles. The number of aryl methyl sites for hydroxylation is 2. The molecule has 0 amide bonds. The molecular weight excluding hydrogens is 176 g/mol. The van der Waals surface area contributed by atoms with Crippen LogP contribution in [0.4, 0.5) is 0 Å². The number of hydrogen-bond donors (Lipinski definition) is 0. The molecule has 0 aliphatic carbocycles. The van der Waals surface area contributed by atoms with E-state index in [-0.39, 0.29) is 0 Å². The van der Waals surface area contributed by atoms with Crippen LogP contribution >= 0.6 is 11.3 Å². The standard InChI is InChI=1S/C12H18S/c1-3-5-6-7-8-12-10-9-11(4-2)13-12/h3,9-10H,1,4-8H2,2H3. The lowest BCUT2D eigenvalue weighted by Gasteiger charge is -1.95. The lowest BCUT2D eigenvalue weighted by Crippen LogP contribution is -1.79. The molecule has 0 radical (unpaired) electrons. The van der Waals surface area contributed by atoms with Crippen molar-refractivity contribution in [2.75, 3.05) is 0 Å². The number of thiophene rings is 1. The highest BCUT2D eigenvalue weighted by Crippen LogP contribution is 2.19. The van der Waals surface area contributed by atoms with Crippen LogP contribution in [0.2, 0.25) is 0 Å². The van der Waals surface area contributed by atoms with Crippen molar-refractivity contribution in [1.29, 1.82) is 0 Å². The molecule has 1 aromatic heterocycles. The Kier molecular flexibility index (Phi) is 4.84. The van der Waals surface area contributed by atoms with Gasteiger partial charge in [0.1, 0.15) is 0 Å². The van der Waals surface area contributed by atoms with Gasteiger partial charge in [-0.2, -0.15) is 0 Å². The van der Waals surface area contributed by atoms with Gasteiger partial charge < -0.3 is 0 Å². The molecule has 0 aliphatic rings. The Balaban J connectivity index is 2.24. The number of allylic oxidation sites excluding steroid dienone is 1. The van der Waals surface area contributed by atoms with Crippen LogP contribution in [-0.2, 0) is 12.8 Å². The fourth-order valence-corrected chi connectivity index (χ4v) is 2.33. The van der Waals surface area contributed by atoms with E-state index in [4.69, 9.17) is 0 Å². The maximum Gasteiger partial charge on any atom is 0.00481 e. The number of rotatable bonds is 6. The normalized spacial score (nSPS) is 10.2. The second-order valence-electron chi connectivity index (χ2n) is 3.26. The summed E-state index contributed by atoms with van der Waals surface area (Å²) in [5.41, 5.74) is 0. The molecule has 0 N–H and O–H groups in total. The maximum absolute atomic E-state index is 3.73. The quantitative estimate of drug-likeness (QED) is 0.470. The van der Waals surface area contributed by atoms with Gasteiger partial charge in [0.2, 0.25) is 0 Å². The summed E-state index contributed by atoms with van der Waals surface area (Å²) in [7, 11) is 0. The average molecular weight is 194 g/mol. The van der Waals surface area contributed by atoms with E-state index in [1.165, 1.54) is 30.6 Å². The first-order valence-electron chi connectivity index (χ1n) is 5.05. The average Bonchev–Trinajstić information content (AvgIpc) is 2.60. The topological polar surface area (TPSA) is 0 Å². The van der Waals surface area contributed by atoms with E-state index in [0.717, 1.165) is 6.42 Å². The fraction of sp³-hybridized carbons (Fsp3) is 0.500. The first-order chi connectivity index (χ1) is 6.36. The van der Waals surface area contributed by atoms with Gasteiger partial charge in [-0.05, 0) is 44.2 Å². The molecule has 0 saturated heterocycles. The number of unbranched alkanes of at least 4 members (excludes halogenated alkanes) is 2. The van der Waals surface area contributed by atoms with Crippen molar-refractivity contribution in [2.45, 2.75) is 39.0 Å². The Morgan fingerprint density at radius 2 is 2.08 bits per heavy atom. The lowest BCUT2D eigenvalue weighted by atomic mass is 10.2. The van der Waals surface area contributed by atoms with Crippen LogP contribution in [0.15, 0.2) is 24.8 Å². The lowest BCUT2D eigenvalue weighted by molar-refractivity contribution is 0.755. The molecule has 1 aromatic rings. The molecule has 1 heteroatoms. The predicted molar refractivity (Wildman–Crippen MR) is 61.4 cm³/mol. The Hall–Kier alpha value is -0.560. The van der Waals surface area contributed by atoms with Crippen molar-refractivity contribution >= 4 is 11.3 Å². The van der Waals surface area contributed by atoms with Crippen LogP contribution in [0.3, 0.4) is 0 Å². The molecule has 0 aromatic carbocycles. The summed E-state index contributed by atoms with van der Waals surface area (Å²) in [4.78, 5) is 3.06. The van der Waals surface area contributed by atoms with E-state index in [2.05, 4.69) is 25.6 Å². The zero-order chi connectivity index (χ0) is 9.52. The summed E-state index contributed by atoms with van der Waals surface area (Å²) in [5.74, 6) is 0. The molecule has 0 bridgehead atoms. The van der Waals surface area contributed by atoms with E-state index >= 15 is 0 Å². The summed E-state index contributed by atoms with van der Waals surface area (Å²) >= 11 is 1.97. The van der Waals surface area contributed by atoms with Crippen molar-refractivity contribution < 1.29 is 0 Å². The van der Waals surface area contributed by atoms with Gasteiger partial charge in [-0.1, -0.05) is 13.0 Å². The molecule has 72 valence electrons. The van der Waals surface area contributed by atoms with Gasteiger partial charge >= 0.3 is 0 Å². The molecule has 0 fully saturated rings. The monoisotopic (exact) mass is 194 g/mol. The van der Waals surface area contributed by atoms with Crippen LogP contribution in [0, 0.1) is 0 Å². The zero-order valence-corrected chi connectivity index (χ0v) is 9.20. The highest BCUT2D eigenvalue weighted by Gasteiger charge is 1.97. The van der Waals surface area contributed by atoms with Gasteiger partial charge in [-0.15, -0.1) is 17.9 Å². The van der Waals surface area contributed by atoms with Crippen LogP contribution in [0.25, 0.3) is 0 Å². The van der Waals surface area contributed by atoms with E-state index in [9.17, 15) is 0 Å². The van der Waals surface area contributed by atoms with Crippen molar-refractivity contribution in [3.05, 3.63) is 34.5 Å². The van der Waals surface area contributed by atoms with E-state index < -0.39 is 0 Å². The van der Waals surface area contributed by atoms with Crippen molar-refractivity contribution in [3.8, 4) is 0 Å².